The Bertz CT molecular complexity index is 1040. The molecule has 2 N–H and O–H groups in total. The zero-order chi connectivity index (χ0) is 26.3. The van der Waals surface area contributed by atoms with E-state index < -0.39 is 14.2 Å². The average molecular weight is 513 g/mol. The molecule has 1 aliphatic rings. The highest BCUT2D eigenvalue weighted by atomic mass is 28.3. The summed E-state index contributed by atoms with van der Waals surface area (Å²) in [6.07, 6.45) is 3.45. The average Bonchev–Trinajstić information content (AvgIpc) is 2.84. The van der Waals surface area contributed by atoms with Gasteiger partial charge in [0.1, 0.15) is 12.4 Å². The summed E-state index contributed by atoms with van der Waals surface area (Å²) in [6, 6.07) is 14.7. The number of amides is 1. The molecule has 0 unspecified atom stereocenters. The smallest absolute Gasteiger partial charge is 0.404 e. The number of methoxy groups -OCH3 is 1. The molecule has 0 spiro atoms. The highest BCUT2D eigenvalue weighted by Crippen LogP contribution is 2.41. The van der Waals surface area contributed by atoms with Crippen molar-refractivity contribution in [2.24, 2.45) is 5.73 Å². The van der Waals surface area contributed by atoms with Crippen LogP contribution >= 0.6 is 0 Å². The van der Waals surface area contributed by atoms with Crippen molar-refractivity contribution in [3.8, 4) is 5.75 Å². The second-order valence-corrected chi connectivity index (χ2v) is 16.3. The number of unbranched alkanes of at least 4 members (excludes halogenated alkanes) is 1. The number of primary amides is 1. The first-order chi connectivity index (χ1) is 17.1. The van der Waals surface area contributed by atoms with Gasteiger partial charge >= 0.3 is 12.1 Å². The Balaban J connectivity index is 1.98. The van der Waals surface area contributed by atoms with E-state index in [4.69, 9.17) is 20.0 Å². The van der Waals surface area contributed by atoms with Crippen molar-refractivity contribution in [3.63, 3.8) is 0 Å². The van der Waals surface area contributed by atoms with E-state index in [0.717, 1.165) is 54.2 Å². The van der Waals surface area contributed by atoms with Gasteiger partial charge in [0.25, 0.3) is 0 Å². The summed E-state index contributed by atoms with van der Waals surface area (Å²) in [4.78, 5) is 30.2. The fourth-order valence-electron chi connectivity index (χ4n) is 4.56. The molecule has 2 aromatic rings. The number of carbonyl (C=O) groups excluding carboxylic acids is 2. The first kappa shape index (κ1) is 27.7. The number of rotatable bonds is 11. The SMILES string of the molecule is CCCC[C@H]1Cc2cc(OC)ccc2[C@H](c2ccc(COC(N)=O)cc2)N1OC(=O)CC[Si](C)(C)C. The van der Waals surface area contributed by atoms with E-state index in [-0.39, 0.29) is 24.7 Å². The van der Waals surface area contributed by atoms with Gasteiger partial charge in [0.15, 0.2) is 0 Å². The third-order valence-corrected chi connectivity index (χ3v) is 8.32. The summed E-state index contributed by atoms with van der Waals surface area (Å²) < 4.78 is 10.4. The lowest BCUT2D eigenvalue weighted by molar-refractivity contribution is -0.216. The number of ether oxygens (including phenoxy) is 2. The fraction of sp³-hybridized carbons (Fsp3) is 0.500. The molecule has 0 aliphatic carbocycles. The van der Waals surface area contributed by atoms with Crippen molar-refractivity contribution in [2.45, 2.75) is 83.4 Å². The number of fused-ring (bicyclic) bond motifs is 1. The number of nitrogens with zero attached hydrogens (tertiary/aromatic N) is 1. The van der Waals surface area contributed by atoms with Crippen LogP contribution in [0.4, 0.5) is 4.79 Å². The van der Waals surface area contributed by atoms with E-state index in [9.17, 15) is 9.59 Å². The Kier molecular flexibility index (Phi) is 9.56. The highest BCUT2D eigenvalue weighted by molar-refractivity contribution is 6.76. The molecule has 7 nitrogen and oxygen atoms in total. The molecule has 0 fully saturated rings. The summed E-state index contributed by atoms with van der Waals surface area (Å²) in [7, 11) is 0.303. The molecule has 2 atom stereocenters. The van der Waals surface area contributed by atoms with Gasteiger partial charge in [-0.2, -0.15) is 0 Å². The van der Waals surface area contributed by atoms with E-state index in [1.807, 2.05) is 35.4 Å². The van der Waals surface area contributed by atoms with E-state index >= 15 is 0 Å². The van der Waals surface area contributed by atoms with Crippen molar-refractivity contribution in [1.29, 1.82) is 0 Å². The normalized spacial score (nSPS) is 17.8. The Morgan fingerprint density at radius 3 is 2.44 bits per heavy atom. The Hall–Kier alpha value is -2.84. The van der Waals surface area contributed by atoms with Crippen LogP contribution in [0.25, 0.3) is 0 Å². The zero-order valence-electron chi connectivity index (χ0n) is 22.2. The largest absolute Gasteiger partial charge is 0.497 e. The van der Waals surface area contributed by atoms with E-state index in [0.29, 0.717) is 6.42 Å². The number of carbonyl (C=O) groups is 2. The third kappa shape index (κ3) is 7.58. The molecule has 196 valence electrons. The van der Waals surface area contributed by atoms with Crippen LogP contribution in [-0.4, -0.2) is 38.4 Å². The summed E-state index contributed by atoms with van der Waals surface area (Å²) in [6.45, 7) is 9.08. The maximum absolute atomic E-state index is 13.0. The maximum atomic E-state index is 13.0. The molecule has 1 aliphatic heterocycles. The van der Waals surface area contributed by atoms with Crippen molar-refractivity contribution in [1.82, 2.24) is 5.06 Å². The van der Waals surface area contributed by atoms with Crippen LogP contribution in [0.5, 0.6) is 5.75 Å². The molecule has 0 saturated heterocycles. The van der Waals surface area contributed by atoms with Crippen molar-refractivity contribution in [3.05, 3.63) is 64.7 Å². The summed E-state index contributed by atoms with van der Waals surface area (Å²) >= 11 is 0. The monoisotopic (exact) mass is 512 g/mol. The van der Waals surface area contributed by atoms with Crippen molar-refractivity contribution in [2.75, 3.05) is 7.11 Å². The summed E-state index contributed by atoms with van der Waals surface area (Å²) in [5, 5.41) is 1.94. The molecule has 0 radical (unpaired) electrons. The number of hydroxylamine groups is 2. The summed E-state index contributed by atoms with van der Waals surface area (Å²) in [5.74, 6) is 0.647. The third-order valence-electron chi connectivity index (χ3n) is 6.57. The molecule has 3 rings (SSSR count). The van der Waals surface area contributed by atoms with Crippen LogP contribution < -0.4 is 10.5 Å². The minimum atomic E-state index is -1.37. The molecule has 8 heteroatoms. The van der Waals surface area contributed by atoms with Gasteiger partial charge in [-0.15, -0.1) is 5.06 Å². The quantitative estimate of drug-likeness (QED) is 0.372. The van der Waals surface area contributed by atoms with E-state index in [1.165, 1.54) is 5.56 Å². The van der Waals surface area contributed by atoms with Gasteiger partial charge in [-0.25, -0.2) is 4.79 Å². The minimum absolute atomic E-state index is 0.0586. The van der Waals surface area contributed by atoms with Gasteiger partial charge in [-0.1, -0.05) is 69.7 Å². The molecular weight excluding hydrogens is 472 g/mol. The Labute approximate surface area is 215 Å². The van der Waals surface area contributed by atoms with Crippen molar-refractivity contribution >= 4 is 20.1 Å². The molecule has 36 heavy (non-hydrogen) atoms. The standard InChI is InChI=1S/C28H40N2O5Si/c1-6-7-8-23-17-22-18-24(33-2)13-14-25(22)27(30(23)35-26(31)15-16-36(3,4)5)21-11-9-20(10-12-21)19-34-28(29)32/h9-14,18,23,27H,6-8,15-17,19H2,1-5H3,(H2,29,32)/t23-,27-/m0/s1. The Morgan fingerprint density at radius 2 is 1.83 bits per heavy atom. The predicted octanol–water partition coefficient (Wildman–Crippen LogP) is 5.98. The summed E-state index contributed by atoms with van der Waals surface area (Å²) in [5.41, 5.74) is 9.26. The highest BCUT2D eigenvalue weighted by Gasteiger charge is 2.38. The fourth-order valence-corrected chi connectivity index (χ4v) is 5.51. The van der Waals surface area contributed by atoms with Crippen LogP contribution in [0.15, 0.2) is 42.5 Å². The Morgan fingerprint density at radius 1 is 1.11 bits per heavy atom. The minimum Gasteiger partial charge on any atom is -0.497 e. The zero-order valence-corrected chi connectivity index (χ0v) is 23.2. The van der Waals surface area contributed by atoms with Gasteiger partial charge in [-0.05, 0) is 53.3 Å². The van der Waals surface area contributed by atoms with Crippen molar-refractivity contribution < 1.29 is 23.9 Å². The topological polar surface area (TPSA) is 91.1 Å². The van der Waals surface area contributed by atoms with Gasteiger partial charge in [0.2, 0.25) is 0 Å². The van der Waals surface area contributed by atoms with Crippen LogP contribution in [0.2, 0.25) is 25.7 Å². The first-order valence-electron chi connectivity index (χ1n) is 12.8. The van der Waals surface area contributed by atoms with Crippen LogP contribution in [-0.2, 0) is 27.4 Å². The first-order valence-corrected chi connectivity index (χ1v) is 16.5. The maximum Gasteiger partial charge on any atom is 0.404 e. The number of benzene rings is 2. The lowest BCUT2D eigenvalue weighted by atomic mass is 9.84. The number of hydrogen-bond acceptors (Lipinski definition) is 6. The number of nitrogens with two attached hydrogens (primary N) is 1. The lowest BCUT2D eigenvalue weighted by Crippen LogP contribution is -2.45. The molecule has 0 bridgehead atoms. The van der Waals surface area contributed by atoms with E-state index in [2.05, 4.69) is 38.7 Å². The van der Waals surface area contributed by atoms with Gasteiger partial charge in [-0.3, -0.25) is 4.79 Å². The van der Waals surface area contributed by atoms with E-state index in [1.54, 1.807) is 7.11 Å². The molecule has 0 aromatic heterocycles. The van der Waals surface area contributed by atoms with Crippen LogP contribution in [0.3, 0.4) is 0 Å². The molecule has 1 amide bonds. The second kappa shape index (κ2) is 12.4. The molecule has 2 aromatic carbocycles. The molecule has 1 heterocycles. The lowest BCUT2D eigenvalue weighted by Gasteiger charge is -2.42. The van der Waals surface area contributed by atoms with Crippen LogP contribution in [0, 0.1) is 0 Å². The molecular formula is C28H40N2O5Si. The van der Waals surface area contributed by atoms with Gasteiger partial charge in [0.05, 0.1) is 19.2 Å². The van der Waals surface area contributed by atoms with Crippen LogP contribution in [0.1, 0.15) is 60.9 Å². The predicted molar refractivity (Wildman–Crippen MR) is 143 cm³/mol. The van der Waals surface area contributed by atoms with Gasteiger partial charge in [0, 0.05) is 14.5 Å². The number of hydrogen-bond donors (Lipinski definition) is 1. The molecule has 0 saturated carbocycles. The van der Waals surface area contributed by atoms with Gasteiger partial charge < -0.3 is 20.0 Å². The second-order valence-electron chi connectivity index (χ2n) is 10.7.